The van der Waals surface area contributed by atoms with E-state index in [4.69, 9.17) is 5.73 Å². The van der Waals surface area contributed by atoms with Crippen LogP contribution in [0.3, 0.4) is 0 Å². The zero-order valence-corrected chi connectivity index (χ0v) is 12.5. The van der Waals surface area contributed by atoms with Gasteiger partial charge >= 0.3 is 0 Å². The van der Waals surface area contributed by atoms with Crippen LogP contribution >= 0.6 is 0 Å². The summed E-state index contributed by atoms with van der Waals surface area (Å²) >= 11 is 0. The Morgan fingerprint density at radius 1 is 1.30 bits per heavy atom. The van der Waals surface area contributed by atoms with Crippen molar-refractivity contribution in [2.45, 2.75) is 51.5 Å². The van der Waals surface area contributed by atoms with Gasteiger partial charge in [0.2, 0.25) is 0 Å². The Morgan fingerprint density at radius 2 is 2.00 bits per heavy atom. The molecule has 0 saturated heterocycles. The number of nitrogen functional groups attached to an aromatic ring is 1. The summed E-state index contributed by atoms with van der Waals surface area (Å²) in [5.41, 5.74) is 8.40. The standard InChI is InChI=1S/C16H25N3O/c1-3-18-15(20)12-7-8-14(13(17)11-12)19-16(2)9-5-4-6-10-16/h7-8,11,19H,3-6,9-10,17H2,1-2H3,(H,18,20). The second-order valence-electron chi connectivity index (χ2n) is 5.91. The van der Waals surface area contributed by atoms with Gasteiger partial charge in [0.1, 0.15) is 0 Å². The fourth-order valence-corrected chi connectivity index (χ4v) is 2.86. The lowest BCUT2D eigenvalue weighted by molar-refractivity contribution is 0.0956. The average Bonchev–Trinajstić information content (AvgIpc) is 2.42. The molecule has 1 aliphatic carbocycles. The maximum absolute atomic E-state index is 11.8. The highest BCUT2D eigenvalue weighted by Crippen LogP contribution is 2.33. The molecular weight excluding hydrogens is 250 g/mol. The molecule has 20 heavy (non-hydrogen) atoms. The van der Waals surface area contributed by atoms with Crippen molar-refractivity contribution < 1.29 is 4.79 Å². The van der Waals surface area contributed by atoms with Crippen LogP contribution in [0, 0.1) is 0 Å². The first-order valence-corrected chi connectivity index (χ1v) is 7.50. The van der Waals surface area contributed by atoms with Gasteiger partial charge in [-0.25, -0.2) is 0 Å². The Balaban J connectivity index is 2.11. The zero-order valence-electron chi connectivity index (χ0n) is 12.5. The predicted molar refractivity (Wildman–Crippen MR) is 84.0 cm³/mol. The van der Waals surface area contributed by atoms with Crippen molar-refractivity contribution in [1.29, 1.82) is 0 Å². The van der Waals surface area contributed by atoms with E-state index in [1.807, 2.05) is 19.1 Å². The first-order chi connectivity index (χ1) is 9.54. The highest BCUT2D eigenvalue weighted by Gasteiger charge is 2.26. The Morgan fingerprint density at radius 3 is 2.60 bits per heavy atom. The largest absolute Gasteiger partial charge is 0.397 e. The van der Waals surface area contributed by atoms with E-state index in [1.165, 1.54) is 32.1 Å². The van der Waals surface area contributed by atoms with E-state index >= 15 is 0 Å². The van der Waals surface area contributed by atoms with Crippen LogP contribution in [0.5, 0.6) is 0 Å². The Bertz CT molecular complexity index is 479. The van der Waals surface area contributed by atoms with Crippen LogP contribution in [0.4, 0.5) is 11.4 Å². The third-order valence-electron chi connectivity index (χ3n) is 4.04. The van der Waals surface area contributed by atoms with Crippen LogP contribution in [0.2, 0.25) is 0 Å². The number of hydrogen-bond acceptors (Lipinski definition) is 3. The molecule has 1 saturated carbocycles. The normalized spacial score (nSPS) is 17.5. The van der Waals surface area contributed by atoms with E-state index in [0.29, 0.717) is 17.8 Å². The number of nitrogens with one attached hydrogen (secondary N) is 2. The molecule has 0 heterocycles. The van der Waals surface area contributed by atoms with Crippen molar-refractivity contribution in [2.24, 2.45) is 0 Å². The molecule has 0 aliphatic heterocycles. The minimum atomic E-state index is -0.0744. The number of hydrogen-bond donors (Lipinski definition) is 3. The molecule has 0 radical (unpaired) electrons. The van der Waals surface area contributed by atoms with E-state index < -0.39 is 0 Å². The number of benzene rings is 1. The lowest BCUT2D eigenvalue weighted by Gasteiger charge is -2.36. The van der Waals surface area contributed by atoms with E-state index in [1.54, 1.807) is 6.07 Å². The van der Waals surface area contributed by atoms with Crippen molar-refractivity contribution in [2.75, 3.05) is 17.6 Å². The molecule has 4 heteroatoms. The van der Waals surface area contributed by atoms with Gasteiger partial charge in [0.25, 0.3) is 5.91 Å². The molecular formula is C16H25N3O. The van der Waals surface area contributed by atoms with Crippen molar-refractivity contribution >= 4 is 17.3 Å². The van der Waals surface area contributed by atoms with E-state index in [-0.39, 0.29) is 11.4 Å². The fraction of sp³-hybridized carbons (Fsp3) is 0.562. The van der Waals surface area contributed by atoms with Gasteiger partial charge in [-0.05, 0) is 44.9 Å². The van der Waals surface area contributed by atoms with Gasteiger partial charge in [-0.1, -0.05) is 19.3 Å². The third kappa shape index (κ3) is 3.44. The molecule has 2 rings (SSSR count). The van der Waals surface area contributed by atoms with Crippen molar-refractivity contribution in [3.05, 3.63) is 23.8 Å². The molecule has 4 nitrogen and oxygen atoms in total. The summed E-state index contributed by atoms with van der Waals surface area (Å²) in [4.78, 5) is 11.8. The Kier molecular flexibility index (Phi) is 4.53. The fourth-order valence-electron chi connectivity index (χ4n) is 2.86. The van der Waals surface area contributed by atoms with Gasteiger partial charge < -0.3 is 16.4 Å². The Hall–Kier alpha value is -1.71. The number of carbonyl (C=O) groups excluding carboxylic acids is 1. The molecule has 1 amide bonds. The molecule has 110 valence electrons. The van der Waals surface area contributed by atoms with Gasteiger partial charge in [-0.2, -0.15) is 0 Å². The lowest BCUT2D eigenvalue weighted by atomic mass is 9.83. The molecule has 0 unspecified atom stereocenters. The minimum Gasteiger partial charge on any atom is -0.397 e. The number of rotatable bonds is 4. The van der Waals surface area contributed by atoms with Gasteiger partial charge in [0, 0.05) is 17.6 Å². The summed E-state index contributed by atoms with van der Waals surface area (Å²) in [5.74, 6) is -0.0744. The highest BCUT2D eigenvalue weighted by atomic mass is 16.1. The SMILES string of the molecule is CCNC(=O)c1ccc(NC2(C)CCCCC2)c(N)c1. The van der Waals surface area contributed by atoms with Crippen LogP contribution in [-0.2, 0) is 0 Å². The van der Waals surface area contributed by atoms with Crippen LogP contribution in [0.25, 0.3) is 0 Å². The molecule has 0 bridgehead atoms. The number of carbonyl (C=O) groups is 1. The predicted octanol–water partition coefficient (Wildman–Crippen LogP) is 3.15. The summed E-state index contributed by atoms with van der Waals surface area (Å²) in [7, 11) is 0. The highest BCUT2D eigenvalue weighted by molar-refractivity contribution is 5.96. The summed E-state index contributed by atoms with van der Waals surface area (Å²) < 4.78 is 0. The van der Waals surface area contributed by atoms with Crippen LogP contribution in [0.15, 0.2) is 18.2 Å². The number of nitrogens with two attached hydrogens (primary N) is 1. The number of anilines is 2. The molecule has 0 aromatic heterocycles. The van der Waals surface area contributed by atoms with Crippen molar-refractivity contribution in [3.8, 4) is 0 Å². The van der Waals surface area contributed by atoms with Crippen molar-refractivity contribution in [1.82, 2.24) is 5.32 Å². The van der Waals surface area contributed by atoms with Gasteiger partial charge in [0.15, 0.2) is 0 Å². The maximum Gasteiger partial charge on any atom is 0.251 e. The first-order valence-electron chi connectivity index (χ1n) is 7.50. The van der Waals surface area contributed by atoms with Crippen LogP contribution < -0.4 is 16.4 Å². The third-order valence-corrected chi connectivity index (χ3v) is 4.04. The van der Waals surface area contributed by atoms with Gasteiger partial charge in [-0.3, -0.25) is 4.79 Å². The topological polar surface area (TPSA) is 67.2 Å². The maximum atomic E-state index is 11.8. The second kappa shape index (κ2) is 6.16. The smallest absolute Gasteiger partial charge is 0.251 e. The first kappa shape index (κ1) is 14.7. The molecule has 0 atom stereocenters. The van der Waals surface area contributed by atoms with Gasteiger partial charge in [0.05, 0.1) is 11.4 Å². The van der Waals surface area contributed by atoms with E-state index in [0.717, 1.165) is 5.69 Å². The Labute approximate surface area is 121 Å². The second-order valence-corrected chi connectivity index (χ2v) is 5.91. The monoisotopic (exact) mass is 275 g/mol. The van der Waals surface area contributed by atoms with Gasteiger partial charge in [-0.15, -0.1) is 0 Å². The average molecular weight is 275 g/mol. The van der Waals surface area contributed by atoms with Crippen molar-refractivity contribution in [3.63, 3.8) is 0 Å². The summed E-state index contributed by atoms with van der Waals surface area (Å²) in [6.45, 7) is 4.78. The van der Waals surface area contributed by atoms with E-state index in [9.17, 15) is 4.79 Å². The molecule has 1 aromatic rings. The lowest BCUT2D eigenvalue weighted by Crippen LogP contribution is -2.37. The molecule has 0 spiro atoms. The van der Waals surface area contributed by atoms with Crippen LogP contribution in [-0.4, -0.2) is 18.0 Å². The minimum absolute atomic E-state index is 0.0744. The summed E-state index contributed by atoms with van der Waals surface area (Å²) in [6.07, 6.45) is 6.19. The quantitative estimate of drug-likeness (QED) is 0.739. The van der Waals surface area contributed by atoms with E-state index in [2.05, 4.69) is 17.6 Å². The van der Waals surface area contributed by atoms with Crippen LogP contribution in [0.1, 0.15) is 56.3 Å². The summed E-state index contributed by atoms with van der Waals surface area (Å²) in [5, 5.41) is 6.35. The molecule has 4 N–H and O–H groups in total. The molecule has 1 aromatic carbocycles. The molecule has 1 aliphatic rings. The molecule has 1 fully saturated rings. The number of amides is 1. The zero-order chi connectivity index (χ0) is 14.6. The summed E-state index contributed by atoms with van der Waals surface area (Å²) in [6, 6.07) is 5.50.